The molecule has 1 aliphatic heterocycles. The van der Waals surface area contributed by atoms with Crippen molar-refractivity contribution in [3.8, 4) is 0 Å². The maximum atomic E-state index is 12.9. The monoisotopic (exact) mass is 335 g/mol. The first-order valence-corrected chi connectivity index (χ1v) is 9.07. The predicted octanol–water partition coefficient (Wildman–Crippen LogP) is 2.83. The molecule has 0 aliphatic carbocycles. The highest BCUT2D eigenvalue weighted by molar-refractivity contribution is 7.91. The van der Waals surface area contributed by atoms with Gasteiger partial charge in [-0.2, -0.15) is 13.2 Å². The van der Waals surface area contributed by atoms with Crippen LogP contribution >= 0.6 is 0 Å². The summed E-state index contributed by atoms with van der Waals surface area (Å²) in [7, 11) is -1.37. The van der Waals surface area contributed by atoms with E-state index < -0.39 is 21.6 Å². The normalized spacial score (nSPS) is 23.2. The second-order valence-corrected chi connectivity index (χ2v) is 8.03. The highest BCUT2D eigenvalue weighted by atomic mass is 32.2. The van der Waals surface area contributed by atoms with Crippen LogP contribution in [0.15, 0.2) is 24.3 Å². The summed E-state index contributed by atoms with van der Waals surface area (Å²) in [6, 6.07) is 5.22. The second kappa shape index (κ2) is 6.58. The molecule has 1 saturated heterocycles. The Hall–Kier alpha value is -1.08. The summed E-state index contributed by atoms with van der Waals surface area (Å²) < 4.78 is 62.3. The molecule has 0 radical (unpaired) electrons. The summed E-state index contributed by atoms with van der Waals surface area (Å²) in [5.74, 6) is -0.148. The zero-order valence-corrected chi connectivity index (χ0v) is 13.2. The third kappa shape index (κ3) is 4.23. The van der Waals surface area contributed by atoms with Crippen LogP contribution in [0.4, 0.5) is 13.2 Å². The Labute approximate surface area is 128 Å². The van der Waals surface area contributed by atoms with E-state index in [1.54, 1.807) is 13.1 Å². The van der Waals surface area contributed by atoms with Crippen LogP contribution in [0, 0.1) is 5.92 Å². The molecule has 1 heterocycles. The largest absolute Gasteiger partial charge is 0.416 e. The molecule has 0 aromatic heterocycles. The molecule has 0 spiro atoms. The van der Waals surface area contributed by atoms with Gasteiger partial charge in [0.1, 0.15) is 0 Å². The SMILES string of the molecule is CNCC(c1cccc(C(F)(F)F)c1)C1CCCS(=O)(=O)C1. The van der Waals surface area contributed by atoms with E-state index in [0.29, 0.717) is 18.5 Å². The summed E-state index contributed by atoms with van der Waals surface area (Å²) in [6.45, 7) is 0.460. The van der Waals surface area contributed by atoms with Crippen LogP contribution in [0.3, 0.4) is 0 Å². The molecule has 1 aromatic carbocycles. The smallest absolute Gasteiger partial charge is 0.319 e. The van der Waals surface area contributed by atoms with E-state index >= 15 is 0 Å². The van der Waals surface area contributed by atoms with E-state index in [0.717, 1.165) is 18.6 Å². The highest BCUT2D eigenvalue weighted by Crippen LogP contribution is 2.36. The molecule has 1 fully saturated rings. The molecule has 3 nitrogen and oxygen atoms in total. The number of rotatable bonds is 4. The van der Waals surface area contributed by atoms with E-state index in [-0.39, 0.29) is 23.3 Å². The zero-order chi connectivity index (χ0) is 16.4. The number of halogens is 3. The Balaban J connectivity index is 2.32. The van der Waals surface area contributed by atoms with Crippen LogP contribution in [-0.2, 0) is 16.0 Å². The summed E-state index contributed by atoms with van der Waals surface area (Å²) in [4.78, 5) is 0. The van der Waals surface area contributed by atoms with Crippen molar-refractivity contribution in [3.63, 3.8) is 0 Å². The average Bonchev–Trinajstić information content (AvgIpc) is 2.43. The van der Waals surface area contributed by atoms with Crippen molar-refractivity contribution < 1.29 is 21.6 Å². The Kier molecular flexibility index (Phi) is 5.17. The number of benzene rings is 1. The van der Waals surface area contributed by atoms with E-state index in [2.05, 4.69) is 5.32 Å². The van der Waals surface area contributed by atoms with Crippen LogP contribution in [0.1, 0.15) is 29.9 Å². The molecule has 7 heteroatoms. The molecule has 0 bridgehead atoms. The fraction of sp³-hybridized carbons (Fsp3) is 0.600. The lowest BCUT2D eigenvalue weighted by Crippen LogP contribution is -2.33. The molecule has 1 aromatic rings. The van der Waals surface area contributed by atoms with Crippen molar-refractivity contribution in [2.45, 2.75) is 24.9 Å². The van der Waals surface area contributed by atoms with Crippen LogP contribution in [0.5, 0.6) is 0 Å². The predicted molar refractivity (Wildman–Crippen MR) is 79.5 cm³/mol. The summed E-state index contributed by atoms with van der Waals surface area (Å²) >= 11 is 0. The van der Waals surface area contributed by atoms with Crippen molar-refractivity contribution in [1.29, 1.82) is 0 Å². The first-order valence-electron chi connectivity index (χ1n) is 7.25. The van der Waals surface area contributed by atoms with Crippen LogP contribution in [-0.4, -0.2) is 33.5 Å². The molecular formula is C15H20F3NO2S. The minimum Gasteiger partial charge on any atom is -0.319 e. The minimum absolute atomic E-state index is 0.0512. The van der Waals surface area contributed by atoms with Gasteiger partial charge in [0, 0.05) is 12.5 Å². The number of nitrogens with one attached hydrogen (secondary N) is 1. The van der Waals surface area contributed by atoms with Gasteiger partial charge in [-0.15, -0.1) is 0 Å². The van der Waals surface area contributed by atoms with E-state index in [4.69, 9.17) is 0 Å². The second-order valence-electron chi connectivity index (χ2n) is 5.80. The Morgan fingerprint density at radius 3 is 2.68 bits per heavy atom. The lowest BCUT2D eigenvalue weighted by atomic mass is 9.83. The molecule has 0 amide bonds. The van der Waals surface area contributed by atoms with Gasteiger partial charge in [0.05, 0.1) is 17.1 Å². The summed E-state index contributed by atoms with van der Waals surface area (Å²) in [5.41, 5.74) is -0.143. The van der Waals surface area contributed by atoms with Gasteiger partial charge in [0.15, 0.2) is 9.84 Å². The minimum atomic E-state index is -4.39. The molecule has 1 aliphatic rings. The first kappa shape index (κ1) is 17.3. The standard InChI is InChI=1S/C15H20F3NO2S/c1-19-9-14(12-5-3-7-22(20,21)10-12)11-4-2-6-13(8-11)15(16,17)18/h2,4,6,8,12,14,19H,3,5,7,9-10H2,1H3. The van der Waals surface area contributed by atoms with E-state index in [1.165, 1.54) is 6.07 Å². The fourth-order valence-corrected chi connectivity index (χ4v) is 4.92. The van der Waals surface area contributed by atoms with Crippen molar-refractivity contribution in [2.24, 2.45) is 5.92 Å². The van der Waals surface area contributed by atoms with Gasteiger partial charge in [-0.05, 0) is 37.4 Å². The zero-order valence-electron chi connectivity index (χ0n) is 12.4. The lowest BCUT2D eigenvalue weighted by molar-refractivity contribution is -0.137. The molecule has 1 N–H and O–H groups in total. The molecule has 2 rings (SSSR count). The third-order valence-corrected chi connectivity index (χ3v) is 5.98. The number of hydrogen-bond donors (Lipinski definition) is 1. The maximum Gasteiger partial charge on any atom is 0.416 e. The highest BCUT2D eigenvalue weighted by Gasteiger charge is 2.34. The number of hydrogen-bond acceptors (Lipinski definition) is 3. The van der Waals surface area contributed by atoms with Crippen molar-refractivity contribution in [2.75, 3.05) is 25.1 Å². The number of likely N-dealkylation sites (N-methyl/N-ethyl adjacent to an activating group) is 1. The Morgan fingerprint density at radius 1 is 1.36 bits per heavy atom. The van der Waals surface area contributed by atoms with Gasteiger partial charge in [-0.3, -0.25) is 0 Å². The summed E-state index contributed by atoms with van der Waals surface area (Å²) in [6.07, 6.45) is -3.09. The van der Waals surface area contributed by atoms with Crippen LogP contribution in [0.2, 0.25) is 0 Å². The molecule has 2 atom stereocenters. The fourth-order valence-electron chi connectivity index (χ4n) is 3.10. The number of alkyl halides is 3. The molecule has 2 unspecified atom stereocenters. The maximum absolute atomic E-state index is 12.9. The quantitative estimate of drug-likeness (QED) is 0.920. The van der Waals surface area contributed by atoms with Gasteiger partial charge in [-0.25, -0.2) is 8.42 Å². The first-order chi connectivity index (χ1) is 10.2. The van der Waals surface area contributed by atoms with Gasteiger partial charge >= 0.3 is 6.18 Å². The summed E-state index contributed by atoms with van der Waals surface area (Å²) in [5, 5.41) is 2.97. The van der Waals surface area contributed by atoms with Gasteiger partial charge in [-0.1, -0.05) is 18.2 Å². The molecule has 22 heavy (non-hydrogen) atoms. The molecule has 124 valence electrons. The van der Waals surface area contributed by atoms with Crippen molar-refractivity contribution in [1.82, 2.24) is 5.32 Å². The van der Waals surface area contributed by atoms with E-state index in [9.17, 15) is 21.6 Å². The lowest BCUT2D eigenvalue weighted by Gasteiger charge is -2.30. The number of sulfone groups is 1. The third-order valence-electron chi connectivity index (χ3n) is 4.13. The van der Waals surface area contributed by atoms with E-state index in [1.807, 2.05) is 0 Å². The van der Waals surface area contributed by atoms with Gasteiger partial charge in [0.25, 0.3) is 0 Å². The molecular weight excluding hydrogens is 315 g/mol. The van der Waals surface area contributed by atoms with Crippen LogP contribution < -0.4 is 5.32 Å². The van der Waals surface area contributed by atoms with Crippen LogP contribution in [0.25, 0.3) is 0 Å². The van der Waals surface area contributed by atoms with Crippen molar-refractivity contribution >= 4 is 9.84 Å². The average molecular weight is 335 g/mol. The van der Waals surface area contributed by atoms with Gasteiger partial charge < -0.3 is 5.32 Å². The van der Waals surface area contributed by atoms with Gasteiger partial charge in [0.2, 0.25) is 0 Å². The topological polar surface area (TPSA) is 46.2 Å². The molecule has 0 saturated carbocycles. The Morgan fingerprint density at radius 2 is 2.09 bits per heavy atom. The Bertz CT molecular complexity index is 613. The van der Waals surface area contributed by atoms with Crippen molar-refractivity contribution in [3.05, 3.63) is 35.4 Å².